The normalized spacial score (nSPS) is 22.3. The molecule has 7 heteroatoms. The van der Waals surface area contributed by atoms with Crippen LogP contribution in [0.1, 0.15) is 45.1 Å². The van der Waals surface area contributed by atoms with Gasteiger partial charge in [0.1, 0.15) is 0 Å². The number of guanidine groups is 1. The van der Waals surface area contributed by atoms with Crippen LogP contribution in [0.15, 0.2) is 23.2 Å². The predicted molar refractivity (Wildman–Crippen MR) is 119 cm³/mol. The van der Waals surface area contributed by atoms with E-state index in [1.807, 2.05) is 13.1 Å². The SMILES string of the molecule is CN=C(NCC1(c2ccc3c(c2)OCO3)CCOCC1)NC1CCN(C(C)C)CC1. The van der Waals surface area contributed by atoms with E-state index < -0.39 is 0 Å². The van der Waals surface area contributed by atoms with Crippen molar-refractivity contribution in [2.45, 2.75) is 57.0 Å². The van der Waals surface area contributed by atoms with Gasteiger partial charge in [-0.1, -0.05) is 6.07 Å². The Kier molecular flexibility index (Phi) is 6.68. The molecule has 2 fully saturated rings. The lowest BCUT2D eigenvalue weighted by molar-refractivity contribution is 0.0512. The van der Waals surface area contributed by atoms with Gasteiger partial charge in [0.15, 0.2) is 17.5 Å². The second-order valence-electron chi connectivity index (χ2n) is 8.93. The summed E-state index contributed by atoms with van der Waals surface area (Å²) in [6, 6.07) is 7.46. The Morgan fingerprint density at radius 3 is 2.60 bits per heavy atom. The van der Waals surface area contributed by atoms with E-state index in [-0.39, 0.29) is 5.41 Å². The summed E-state index contributed by atoms with van der Waals surface area (Å²) >= 11 is 0. The van der Waals surface area contributed by atoms with Gasteiger partial charge in [0, 0.05) is 57.4 Å². The van der Waals surface area contributed by atoms with Gasteiger partial charge in [-0.25, -0.2) is 0 Å². The van der Waals surface area contributed by atoms with Crippen molar-refractivity contribution in [1.29, 1.82) is 0 Å². The monoisotopic (exact) mass is 416 g/mol. The first-order valence-electron chi connectivity index (χ1n) is 11.3. The van der Waals surface area contributed by atoms with Crippen molar-refractivity contribution >= 4 is 5.96 Å². The average Bonchev–Trinajstić information content (AvgIpc) is 3.25. The van der Waals surface area contributed by atoms with Crippen LogP contribution in [0.3, 0.4) is 0 Å². The molecule has 30 heavy (non-hydrogen) atoms. The first kappa shape index (κ1) is 21.2. The molecule has 0 amide bonds. The van der Waals surface area contributed by atoms with E-state index in [9.17, 15) is 0 Å². The molecule has 1 aromatic rings. The maximum atomic E-state index is 5.69. The fourth-order valence-electron chi connectivity index (χ4n) is 4.76. The predicted octanol–water partition coefficient (Wildman–Crippen LogP) is 2.50. The highest BCUT2D eigenvalue weighted by molar-refractivity contribution is 5.80. The van der Waals surface area contributed by atoms with Crippen LogP contribution in [-0.4, -0.2) is 69.6 Å². The van der Waals surface area contributed by atoms with Crippen molar-refractivity contribution in [2.75, 3.05) is 46.7 Å². The zero-order chi connectivity index (χ0) is 21.0. The molecule has 7 nitrogen and oxygen atoms in total. The molecule has 0 spiro atoms. The Labute approximate surface area is 180 Å². The van der Waals surface area contributed by atoms with Gasteiger partial charge in [0.25, 0.3) is 0 Å². The number of piperidine rings is 1. The number of hydrogen-bond donors (Lipinski definition) is 2. The van der Waals surface area contributed by atoms with Crippen molar-refractivity contribution in [3.8, 4) is 11.5 Å². The number of rotatable bonds is 5. The van der Waals surface area contributed by atoms with Gasteiger partial charge >= 0.3 is 0 Å². The van der Waals surface area contributed by atoms with Crippen molar-refractivity contribution in [3.05, 3.63) is 23.8 Å². The van der Waals surface area contributed by atoms with Gasteiger partial charge in [0.2, 0.25) is 6.79 Å². The van der Waals surface area contributed by atoms with Crippen LogP contribution in [0.5, 0.6) is 11.5 Å². The Hall–Kier alpha value is -1.99. The van der Waals surface area contributed by atoms with Crippen LogP contribution in [0, 0.1) is 0 Å². The smallest absolute Gasteiger partial charge is 0.231 e. The molecule has 3 aliphatic heterocycles. The fourth-order valence-corrected chi connectivity index (χ4v) is 4.76. The third kappa shape index (κ3) is 4.67. The Balaban J connectivity index is 1.40. The molecule has 0 bridgehead atoms. The summed E-state index contributed by atoms with van der Waals surface area (Å²) < 4.78 is 16.8. The number of likely N-dealkylation sites (tertiary alicyclic amines) is 1. The van der Waals surface area contributed by atoms with Crippen molar-refractivity contribution in [2.24, 2.45) is 4.99 Å². The summed E-state index contributed by atoms with van der Waals surface area (Å²) in [5, 5.41) is 7.28. The maximum absolute atomic E-state index is 5.69. The number of benzene rings is 1. The standard InChI is InChI=1S/C23H36N4O3/c1-17(2)27-10-6-19(7-11-27)26-22(24-3)25-15-23(8-12-28-13-9-23)18-4-5-20-21(14-18)30-16-29-20/h4-5,14,17,19H,6-13,15-16H2,1-3H3,(H2,24,25,26). The first-order chi connectivity index (χ1) is 14.6. The Bertz CT molecular complexity index is 738. The summed E-state index contributed by atoms with van der Waals surface area (Å²) in [5.41, 5.74) is 1.28. The van der Waals surface area contributed by atoms with Crippen LogP contribution in [0.4, 0.5) is 0 Å². The van der Waals surface area contributed by atoms with Gasteiger partial charge in [-0.05, 0) is 57.2 Å². The topological polar surface area (TPSA) is 67.4 Å². The second-order valence-corrected chi connectivity index (χ2v) is 8.93. The van der Waals surface area contributed by atoms with Crippen LogP contribution in [0.2, 0.25) is 0 Å². The molecule has 1 aromatic carbocycles. The minimum Gasteiger partial charge on any atom is -0.454 e. The minimum absolute atomic E-state index is 0.00213. The summed E-state index contributed by atoms with van der Waals surface area (Å²) in [5.74, 6) is 2.57. The number of fused-ring (bicyclic) bond motifs is 1. The molecule has 0 saturated carbocycles. The maximum Gasteiger partial charge on any atom is 0.231 e. The minimum atomic E-state index is -0.00213. The van der Waals surface area contributed by atoms with Gasteiger partial charge in [-0.3, -0.25) is 4.99 Å². The van der Waals surface area contributed by atoms with Crippen LogP contribution in [-0.2, 0) is 10.2 Å². The number of nitrogens with zero attached hydrogens (tertiary/aromatic N) is 2. The highest BCUT2D eigenvalue weighted by Gasteiger charge is 2.36. The third-order valence-corrected chi connectivity index (χ3v) is 6.85. The van der Waals surface area contributed by atoms with Crippen LogP contribution in [0.25, 0.3) is 0 Å². The van der Waals surface area contributed by atoms with E-state index in [4.69, 9.17) is 14.2 Å². The largest absolute Gasteiger partial charge is 0.454 e. The van der Waals surface area contributed by atoms with Crippen molar-refractivity contribution < 1.29 is 14.2 Å². The van der Waals surface area contributed by atoms with Crippen LogP contribution >= 0.6 is 0 Å². The quantitative estimate of drug-likeness (QED) is 0.568. The molecule has 0 unspecified atom stereocenters. The molecule has 0 atom stereocenters. The lowest BCUT2D eigenvalue weighted by atomic mass is 9.74. The lowest BCUT2D eigenvalue weighted by Crippen LogP contribution is -2.52. The van der Waals surface area contributed by atoms with E-state index in [2.05, 4.69) is 46.5 Å². The van der Waals surface area contributed by atoms with Gasteiger partial charge < -0.3 is 29.7 Å². The molecule has 3 aliphatic rings. The van der Waals surface area contributed by atoms with E-state index in [0.29, 0.717) is 18.9 Å². The number of nitrogens with one attached hydrogen (secondary N) is 2. The second kappa shape index (κ2) is 9.43. The molecule has 2 N–H and O–H groups in total. The van der Waals surface area contributed by atoms with Gasteiger partial charge in [-0.15, -0.1) is 0 Å². The number of ether oxygens (including phenoxy) is 3. The molecule has 2 saturated heterocycles. The number of hydrogen-bond acceptors (Lipinski definition) is 5. The zero-order valence-corrected chi connectivity index (χ0v) is 18.6. The number of aliphatic imine (C=N–C) groups is 1. The fraction of sp³-hybridized carbons (Fsp3) is 0.696. The van der Waals surface area contributed by atoms with E-state index in [0.717, 1.165) is 76.0 Å². The van der Waals surface area contributed by atoms with Crippen molar-refractivity contribution in [1.82, 2.24) is 15.5 Å². The highest BCUT2D eigenvalue weighted by Crippen LogP contribution is 2.40. The molecule has 0 radical (unpaired) electrons. The van der Waals surface area contributed by atoms with E-state index in [1.54, 1.807) is 0 Å². The average molecular weight is 417 g/mol. The Morgan fingerprint density at radius 2 is 1.90 bits per heavy atom. The van der Waals surface area contributed by atoms with Crippen LogP contribution < -0.4 is 20.1 Å². The molecular formula is C23H36N4O3. The summed E-state index contributed by atoms with van der Waals surface area (Å²) in [4.78, 5) is 7.05. The Morgan fingerprint density at radius 1 is 1.17 bits per heavy atom. The molecule has 0 aliphatic carbocycles. The molecule has 0 aromatic heterocycles. The summed E-state index contributed by atoms with van der Waals surface area (Å²) in [6.07, 6.45) is 4.26. The zero-order valence-electron chi connectivity index (χ0n) is 18.6. The summed E-state index contributed by atoms with van der Waals surface area (Å²) in [7, 11) is 1.86. The lowest BCUT2D eigenvalue weighted by Gasteiger charge is -2.39. The van der Waals surface area contributed by atoms with Gasteiger partial charge in [0.05, 0.1) is 0 Å². The molecular weight excluding hydrogens is 380 g/mol. The van der Waals surface area contributed by atoms with Gasteiger partial charge in [-0.2, -0.15) is 0 Å². The van der Waals surface area contributed by atoms with E-state index in [1.165, 1.54) is 5.56 Å². The van der Waals surface area contributed by atoms with Crippen molar-refractivity contribution in [3.63, 3.8) is 0 Å². The molecule has 166 valence electrons. The molecule has 4 rings (SSSR count). The third-order valence-electron chi connectivity index (χ3n) is 6.85. The first-order valence-corrected chi connectivity index (χ1v) is 11.3. The molecule has 3 heterocycles. The van der Waals surface area contributed by atoms with E-state index >= 15 is 0 Å². The highest BCUT2D eigenvalue weighted by atomic mass is 16.7. The summed E-state index contributed by atoms with van der Waals surface area (Å²) in [6.45, 7) is 9.51.